The highest BCUT2D eigenvalue weighted by molar-refractivity contribution is 5.72. The number of rotatable bonds is 2. The highest BCUT2D eigenvalue weighted by Crippen LogP contribution is 2.33. The van der Waals surface area contributed by atoms with Crippen molar-refractivity contribution in [3.63, 3.8) is 0 Å². The number of aryl methyl sites for hydroxylation is 1. The van der Waals surface area contributed by atoms with Crippen molar-refractivity contribution in [2.24, 2.45) is 0 Å². The summed E-state index contributed by atoms with van der Waals surface area (Å²) in [6, 6.07) is 6.37. The molecule has 0 amide bonds. The van der Waals surface area contributed by atoms with Crippen LogP contribution in [0.15, 0.2) is 24.3 Å². The zero-order valence-corrected chi connectivity index (χ0v) is 9.34. The monoisotopic (exact) mass is 203 g/mol. The lowest BCUT2D eigenvalue weighted by Gasteiger charge is -2.20. The van der Waals surface area contributed by atoms with E-state index in [0.717, 1.165) is 25.3 Å². The minimum absolute atomic E-state index is 0.797. The Balaban J connectivity index is 2.36. The third-order valence-electron chi connectivity index (χ3n) is 2.66. The van der Waals surface area contributed by atoms with Gasteiger partial charge in [-0.25, -0.2) is 0 Å². The lowest BCUT2D eigenvalue weighted by molar-refractivity contribution is 0.316. The van der Waals surface area contributed by atoms with Gasteiger partial charge in [0.2, 0.25) is 0 Å². The summed E-state index contributed by atoms with van der Waals surface area (Å²) in [5.74, 6) is 1.02. The molecule has 0 spiro atoms. The van der Waals surface area contributed by atoms with Gasteiger partial charge in [-0.1, -0.05) is 17.7 Å². The van der Waals surface area contributed by atoms with E-state index in [1.54, 1.807) is 0 Å². The number of hydrogen-bond acceptors (Lipinski definition) is 2. The smallest absolute Gasteiger partial charge is 0.126 e. The van der Waals surface area contributed by atoms with Crippen molar-refractivity contribution in [1.29, 1.82) is 0 Å². The van der Waals surface area contributed by atoms with Crippen LogP contribution in [0.4, 0.5) is 0 Å². The molecule has 2 rings (SSSR count). The van der Waals surface area contributed by atoms with Crippen molar-refractivity contribution in [2.75, 3.05) is 20.2 Å². The Morgan fingerprint density at radius 2 is 2.33 bits per heavy atom. The van der Waals surface area contributed by atoms with E-state index in [2.05, 4.69) is 36.5 Å². The van der Waals surface area contributed by atoms with E-state index < -0.39 is 0 Å². The van der Waals surface area contributed by atoms with Crippen molar-refractivity contribution in [1.82, 2.24) is 5.32 Å². The Hall–Kier alpha value is -1.28. The minimum Gasteiger partial charge on any atom is -0.493 e. The third-order valence-corrected chi connectivity index (χ3v) is 2.66. The molecule has 2 nitrogen and oxygen atoms in total. The predicted octanol–water partition coefficient (Wildman–Crippen LogP) is 2.38. The van der Waals surface area contributed by atoms with Gasteiger partial charge in [0.1, 0.15) is 5.75 Å². The standard InChI is InChI=1S/C13H17NO/c1-10-3-4-13-12(9-10)11(5-7-14-2)6-8-15-13/h3-5,9,14H,6-8H2,1-2H3/b11-5-. The topological polar surface area (TPSA) is 21.3 Å². The van der Waals surface area contributed by atoms with Gasteiger partial charge in [0.25, 0.3) is 0 Å². The number of nitrogens with one attached hydrogen (secondary N) is 1. The Labute approximate surface area is 91.0 Å². The second-order valence-electron chi connectivity index (χ2n) is 3.89. The van der Waals surface area contributed by atoms with E-state index in [1.807, 2.05) is 7.05 Å². The van der Waals surface area contributed by atoms with Crippen LogP contribution in [-0.4, -0.2) is 20.2 Å². The molecular formula is C13H17NO. The summed E-state index contributed by atoms with van der Waals surface area (Å²) in [6.45, 7) is 3.83. The summed E-state index contributed by atoms with van der Waals surface area (Å²) in [5.41, 5.74) is 3.94. The van der Waals surface area contributed by atoms with Crippen molar-refractivity contribution >= 4 is 5.57 Å². The number of likely N-dealkylation sites (N-methyl/N-ethyl adjacent to an activating group) is 1. The van der Waals surface area contributed by atoms with Gasteiger partial charge in [-0.05, 0) is 31.7 Å². The molecule has 2 heteroatoms. The normalized spacial score (nSPS) is 17.3. The quantitative estimate of drug-likeness (QED) is 0.796. The zero-order valence-electron chi connectivity index (χ0n) is 9.34. The molecule has 0 fully saturated rings. The maximum Gasteiger partial charge on any atom is 0.126 e. The summed E-state index contributed by atoms with van der Waals surface area (Å²) < 4.78 is 5.63. The molecule has 1 aliphatic rings. The van der Waals surface area contributed by atoms with Crippen LogP contribution in [-0.2, 0) is 0 Å². The first-order chi connectivity index (χ1) is 7.31. The fourth-order valence-corrected chi connectivity index (χ4v) is 1.86. The van der Waals surface area contributed by atoms with Gasteiger partial charge in [0, 0.05) is 18.5 Å². The second-order valence-corrected chi connectivity index (χ2v) is 3.89. The summed E-state index contributed by atoms with van der Waals surface area (Å²) >= 11 is 0. The molecule has 0 saturated heterocycles. The maximum absolute atomic E-state index is 5.63. The van der Waals surface area contributed by atoms with Crippen LogP contribution in [0.5, 0.6) is 5.75 Å². The first-order valence-electron chi connectivity index (χ1n) is 5.38. The number of fused-ring (bicyclic) bond motifs is 1. The van der Waals surface area contributed by atoms with Crippen molar-refractivity contribution in [3.8, 4) is 5.75 Å². The Kier molecular flexibility index (Phi) is 3.07. The van der Waals surface area contributed by atoms with Gasteiger partial charge >= 0.3 is 0 Å². The maximum atomic E-state index is 5.63. The summed E-state index contributed by atoms with van der Waals surface area (Å²) in [6.07, 6.45) is 3.26. The molecule has 0 saturated carbocycles. The number of hydrogen-bond donors (Lipinski definition) is 1. The molecule has 1 heterocycles. The SMILES string of the molecule is CNC/C=C1/CCOc2ccc(C)cc21. The molecule has 1 N–H and O–H groups in total. The van der Waals surface area contributed by atoms with Gasteiger partial charge in [0.05, 0.1) is 6.61 Å². The average molecular weight is 203 g/mol. The molecule has 0 atom stereocenters. The van der Waals surface area contributed by atoms with Crippen LogP contribution in [0.1, 0.15) is 17.5 Å². The van der Waals surface area contributed by atoms with E-state index in [-0.39, 0.29) is 0 Å². The number of benzene rings is 1. The van der Waals surface area contributed by atoms with Crippen molar-refractivity contribution in [2.45, 2.75) is 13.3 Å². The molecule has 15 heavy (non-hydrogen) atoms. The summed E-state index contributed by atoms with van der Waals surface area (Å²) in [5, 5.41) is 3.14. The fraction of sp³-hybridized carbons (Fsp3) is 0.385. The largest absolute Gasteiger partial charge is 0.493 e. The van der Waals surface area contributed by atoms with Crippen LogP contribution < -0.4 is 10.1 Å². The van der Waals surface area contributed by atoms with Crippen LogP contribution in [0.3, 0.4) is 0 Å². The number of ether oxygens (including phenoxy) is 1. The minimum atomic E-state index is 0.797. The highest BCUT2D eigenvalue weighted by atomic mass is 16.5. The summed E-state index contributed by atoms with van der Waals surface area (Å²) in [4.78, 5) is 0. The molecule has 0 aromatic heterocycles. The molecule has 1 aromatic carbocycles. The van der Waals surface area contributed by atoms with Crippen molar-refractivity contribution < 1.29 is 4.74 Å². The first-order valence-corrected chi connectivity index (χ1v) is 5.38. The van der Waals surface area contributed by atoms with E-state index in [4.69, 9.17) is 4.74 Å². The van der Waals surface area contributed by atoms with E-state index in [0.29, 0.717) is 0 Å². The van der Waals surface area contributed by atoms with Gasteiger partial charge in [-0.3, -0.25) is 0 Å². The van der Waals surface area contributed by atoms with E-state index in [9.17, 15) is 0 Å². The van der Waals surface area contributed by atoms with Crippen LogP contribution in [0.25, 0.3) is 5.57 Å². The van der Waals surface area contributed by atoms with E-state index in [1.165, 1.54) is 16.7 Å². The van der Waals surface area contributed by atoms with Gasteiger partial charge < -0.3 is 10.1 Å². The third kappa shape index (κ3) is 2.21. The second kappa shape index (κ2) is 4.49. The van der Waals surface area contributed by atoms with Crippen LogP contribution >= 0.6 is 0 Å². The fourth-order valence-electron chi connectivity index (χ4n) is 1.86. The molecular weight excluding hydrogens is 186 g/mol. The van der Waals surface area contributed by atoms with E-state index >= 15 is 0 Å². The predicted molar refractivity (Wildman–Crippen MR) is 63.2 cm³/mol. The highest BCUT2D eigenvalue weighted by Gasteiger charge is 2.14. The zero-order chi connectivity index (χ0) is 10.7. The molecule has 0 aliphatic carbocycles. The van der Waals surface area contributed by atoms with Crippen molar-refractivity contribution in [3.05, 3.63) is 35.4 Å². The summed E-state index contributed by atoms with van der Waals surface area (Å²) in [7, 11) is 1.97. The molecule has 1 aromatic rings. The Morgan fingerprint density at radius 1 is 1.47 bits per heavy atom. The van der Waals surface area contributed by atoms with Gasteiger partial charge in [-0.15, -0.1) is 0 Å². The van der Waals surface area contributed by atoms with Gasteiger partial charge in [-0.2, -0.15) is 0 Å². The molecule has 0 radical (unpaired) electrons. The average Bonchev–Trinajstić information content (AvgIpc) is 2.26. The Morgan fingerprint density at radius 3 is 3.13 bits per heavy atom. The van der Waals surface area contributed by atoms with Gasteiger partial charge in [0.15, 0.2) is 0 Å². The molecule has 0 bridgehead atoms. The molecule has 0 unspecified atom stereocenters. The lowest BCUT2D eigenvalue weighted by atomic mass is 9.97. The lowest BCUT2D eigenvalue weighted by Crippen LogP contribution is -2.10. The molecule has 1 aliphatic heterocycles. The Bertz CT molecular complexity index is 382. The van der Waals surface area contributed by atoms with Crippen LogP contribution in [0.2, 0.25) is 0 Å². The van der Waals surface area contributed by atoms with Crippen LogP contribution in [0, 0.1) is 6.92 Å². The first kappa shape index (κ1) is 10.2. The molecule has 80 valence electrons.